The molecule has 1 fully saturated rings. The summed E-state index contributed by atoms with van der Waals surface area (Å²) in [6.45, 7) is 12.3. The molecular formula is C30H34N2O3. The summed E-state index contributed by atoms with van der Waals surface area (Å²) in [4.78, 5) is 16.8. The summed E-state index contributed by atoms with van der Waals surface area (Å²) < 4.78 is 0. The topological polar surface area (TPSA) is 64.0 Å². The van der Waals surface area contributed by atoms with Crippen LogP contribution < -0.4 is 0 Å². The Balaban J connectivity index is 1.58. The van der Waals surface area contributed by atoms with Gasteiger partial charge in [0.05, 0.1) is 6.04 Å². The van der Waals surface area contributed by atoms with Crippen LogP contribution >= 0.6 is 0 Å². The van der Waals surface area contributed by atoms with Gasteiger partial charge in [0.2, 0.25) is 0 Å². The molecule has 0 saturated carbocycles. The number of carbonyl (C=O) groups is 1. The van der Waals surface area contributed by atoms with E-state index in [4.69, 9.17) is 0 Å². The maximum absolute atomic E-state index is 11.8. The number of aromatic hydroxyl groups is 1. The van der Waals surface area contributed by atoms with Crippen LogP contribution in [-0.2, 0) is 6.54 Å². The highest BCUT2D eigenvalue weighted by atomic mass is 16.3. The van der Waals surface area contributed by atoms with E-state index >= 15 is 0 Å². The second-order valence-electron chi connectivity index (χ2n) is 9.64. The third-order valence-electron chi connectivity index (χ3n) is 6.99. The van der Waals surface area contributed by atoms with Crippen LogP contribution in [0.5, 0.6) is 5.75 Å². The Bertz CT molecular complexity index is 1190. The van der Waals surface area contributed by atoms with Crippen molar-refractivity contribution >= 4 is 11.5 Å². The first kappa shape index (κ1) is 24.7. The van der Waals surface area contributed by atoms with Crippen LogP contribution in [0.15, 0.2) is 79.4 Å². The molecule has 2 N–H and O–H groups in total. The molecule has 1 saturated heterocycles. The molecule has 3 atom stereocenters. The van der Waals surface area contributed by atoms with E-state index < -0.39 is 0 Å². The normalized spacial score (nSPS) is 19.9. The van der Waals surface area contributed by atoms with Gasteiger partial charge in [0.1, 0.15) is 11.5 Å². The highest BCUT2D eigenvalue weighted by molar-refractivity contribution is 5.94. The lowest BCUT2D eigenvalue weighted by molar-refractivity contribution is 0.0195. The molecule has 182 valence electrons. The number of aliphatic hydroxyl groups is 1. The number of benzene rings is 3. The van der Waals surface area contributed by atoms with E-state index in [0.717, 1.165) is 36.3 Å². The Morgan fingerprint density at radius 2 is 1.60 bits per heavy atom. The second-order valence-corrected chi connectivity index (χ2v) is 9.64. The van der Waals surface area contributed by atoms with Gasteiger partial charge in [0.15, 0.2) is 5.78 Å². The second kappa shape index (κ2) is 10.5. The maximum Gasteiger partial charge on any atom is 0.159 e. The van der Waals surface area contributed by atoms with Crippen LogP contribution in [0, 0.1) is 0 Å². The molecule has 5 nitrogen and oxygen atoms in total. The lowest BCUT2D eigenvalue weighted by atomic mass is 9.92. The van der Waals surface area contributed by atoms with E-state index in [1.807, 2.05) is 60.7 Å². The number of nitrogens with zero attached hydrogens (tertiary/aromatic N) is 2. The van der Waals surface area contributed by atoms with Crippen molar-refractivity contribution in [2.24, 2.45) is 0 Å². The summed E-state index contributed by atoms with van der Waals surface area (Å²) in [5.74, 6) is 0.389. The Morgan fingerprint density at radius 1 is 0.943 bits per heavy atom. The van der Waals surface area contributed by atoms with E-state index in [1.54, 1.807) is 13.0 Å². The number of phenolic OH excluding ortho intramolecular Hbond substituents is 1. The molecule has 1 aliphatic rings. The Morgan fingerprint density at radius 3 is 2.20 bits per heavy atom. The highest BCUT2D eigenvalue weighted by Gasteiger charge is 2.35. The first-order chi connectivity index (χ1) is 16.7. The van der Waals surface area contributed by atoms with Gasteiger partial charge in [-0.25, -0.2) is 0 Å². The van der Waals surface area contributed by atoms with Crippen LogP contribution in [0.1, 0.15) is 59.4 Å². The lowest BCUT2D eigenvalue weighted by Crippen LogP contribution is -2.56. The van der Waals surface area contributed by atoms with Crippen LogP contribution in [-0.4, -0.2) is 51.0 Å². The molecule has 1 heterocycles. The summed E-state index contributed by atoms with van der Waals surface area (Å²) >= 11 is 0. The fourth-order valence-electron chi connectivity index (χ4n) is 5.01. The van der Waals surface area contributed by atoms with Crippen molar-refractivity contribution in [3.8, 4) is 5.75 Å². The van der Waals surface area contributed by atoms with Gasteiger partial charge in [-0.1, -0.05) is 67.2 Å². The number of rotatable bonds is 7. The third-order valence-corrected chi connectivity index (χ3v) is 6.99. The molecule has 0 aromatic heterocycles. The van der Waals surface area contributed by atoms with Crippen LogP contribution in [0.3, 0.4) is 0 Å². The van der Waals surface area contributed by atoms with Crippen molar-refractivity contribution in [3.63, 3.8) is 0 Å². The van der Waals surface area contributed by atoms with Crippen molar-refractivity contribution in [1.29, 1.82) is 0 Å². The maximum atomic E-state index is 11.8. The largest absolute Gasteiger partial charge is 0.508 e. The SMILES string of the molecule is C=C(O)c1ccc(CN2C[C@H](C)N(C(c3ccc(C(C)=O)cc3)c3cccc(O)c3)C[C@H]2C)cc1. The van der Waals surface area contributed by atoms with Crippen molar-refractivity contribution in [3.05, 3.63) is 107 Å². The lowest BCUT2D eigenvalue weighted by Gasteiger charge is -2.47. The summed E-state index contributed by atoms with van der Waals surface area (Å²) in [5.41, 5.74) is 4.78. The summed E-state index contributed by atoms with van der Waals surface area (Å²) in [7, 11) is 0. The summed E-state index contributed by atoms with van der Waals surface area (Å²) in [6.07, 6.45) is 0. The van der Waals surface area contributed by atoms with E-state index in [2.05, 4.69) is 36.3 Å². The van der Waals surface area contributed by atoms with Crippen LogP contribution in [0.25, 0.3) is 5.76 Å². The molecule has 1 unspecified atom stereocenters. The van der Waals surface area contributed by atoms with Crippen LogP contribution in [0.2, 0.25) is 0 Å². The Labute approximate surface area is 207 Å². The van der Waals surface area contributed by atoms with Gasteiger partial charge >= 0.3 is 0 Å². The van der Waals surface area contributed by atoms with E-state index in [0.29, 0.717) is 11.6 Å². The number of phenols is 1. The quantitative estimate of drug-likeness (QED) is 0.337. The van der Waals surface area contributed by atoms with E-state index in [9.17, 15) is 15.0 Å². The predicted molar refractivity (Wildman–Crippen MR) is 141 cm³/mol. The smallest absolute Gasteiger partial charge is 0.159 e. The molecule has 0 radical (unpaired) electrons. The number of hydrogen-bond acceptors (Lipinski definition) is 5. The molecule has 4 rings (SSSR count). The fraction of sp³-hybridized carbons (Fsp3) is 0.300. The Hall–Kier alpha value is -3.41. The van der Waals surface area contributed by atoms with Gasteiger partial charge in [-0.05, 0) is 49.6 Å². The molecule has 35 heavy (non-hydrogen) atoms. The molecule has 0 spiro atoms. The molecule has 1 aliphatic heterocycles. The third kappa shape index (κ3) is 5.64. The molecule has 0 bridgehead atoms. The van der Waals surface area contributed by atoms with Gasteiger partial charge in [0, 0.05) is 42.8 Å². The van der Waals surface area contributed by atoms with Crippen molar-refractivity contribution < 1.29 is 15.0 Å². The zero-order chi connectivity index (χ0) is 25.1. The number of hydrogen-bond donors (Lipinski definition) is 2. The van der Waals surface area contributed by atoms with Crippen LogP contribution in [0.4, 0.5) is 0 Å². The fourth-order valence-corrected chi connectivity index (χ4v) is 5.01. The van der Waals surface area contributed by atoms with Gasteiger partial charge < -0.3 is 10.2 Å². The number of ketones is 1. The first-order valence-electron chi connectivity index (χ1n) is 12.1. The molecule has 0 amide bonds. The molecule has 0 aliphatic carbocycles. The molecule has 3 aromatic carbocycles. The van der Waals surface area contributed by atoms with Crippen molar-refractivity contribution in [2.45, 2.75) is 45.4 Å². The molecular weight excluding hydrogens is 436 g/mol. The predicted octanol–water partition coefficient (Wildman–Crippen LogP) is 5.81. The average molecular weight is 471 g/mol. The van der Waals surface area contributed by atoms with E-state index in [-0.39, 0.29) is 29.4 Å². The van der Waals surface area contributed by atoms with Gasteiger partial charge in [0.25, 0.3) is 0 Å². The minimum Gasteiger partial charge on any atom is -0.508 e. The zero-order valence-electron chi connectivity index (χ0n) is 20.7. The van der Waals surface area contributed by atoms with E-state index in [1.165, 1.54) is 5.56 Å². The number of carbonyl (C=O) groups excluding carboxylic acids is 1. The van der Waals surface area contributed by atoms with Crippen molar-refractivity contribution in [2.75, 3.05) is 13.1 Å². The summed E-state index contributed by atoms with van der Waals surface area (Å²) in [5, 5.41) is 19.8. The average Bonchev–Trinajstić information content (AvgIpc) is 2.83. The Kier molecular flexibility index (Phi) is 7.39. The number of Topliss-reactive ketones (excluding diaryl/α,β-unsaturated/α-hetero) is 1. The molecule has 5 heteroatoms. The summed E-state index contributed by atoms with van der Waals surface area (Å²) in [6, 6.07) is 23.8. The molecule has 3 aromatic rings. The minimum atomic E-state index is -0.0300. The van der Waals surface area contributed by atoms with Crippen molar-refractivity contribution in [1.82, 2.24) is 9.80 Å². The first-order valence-corrected chi connectivity index (χ1v) is 12.1. The van der Waals surface area contributed by atoms with Gasteiger partial charge in [-0.15, -0.1) is 0 Å². The number of aliphatic hydroxyl groups excluding tert-OH is 1. The zero-order valence-corrected chi connectivity index (χ0v) is 20.7. The highest BCUT2D eigenvalue weighted by Crippen LogP contribution is 2.35. The van der Waals surface area contributed by atoms with Gasteiger partial charge in [-0.2, -0.15) is 0 Å². The standard InChI is InChI=1S/C30H34N2O3/c1-20-18-32(21(2)17-31(20)19-24-8-10-25(11-9-24)22(3)33)30(28-6-5-7-29(35)16-28)27-14-12-26(13-15-27)23(4)34/h5-16,20-21,30,33,35H,3,17-19H2,1-2,4H3/t20-,21+,30?/m1/s1. The minimum absolute atomic E-state index is 0.0300. The van der Waals surface area contributed by atoms with Gasteiger partial charge in [-0.3, -0.25) is 14.6 Å². The number of piperazine rings is 1. The monoisotopic (exact) mass is 470 g/mol.